The number of aliphatic hydroxyl groups excluding tert-OH is 3. The number of nitrogens with one attached hydrogen (secondary N) is 5. The highest BCUT2D eigenvalue weighted by molar-refractivity contribution is 6.02. The van der Waals surface area contributed by atoms with Gasteiger partial charge >= 0.3 is 5.97 Å². The zero-order valence-corrected chi connectivity index (χ0v) is 29.6. The first kappa shape index (κ1) is 44.5. The molecule has 288 valence electrons. The van der Waals surface area contributed by atoms with Crippen LogP contribution in [0.25, 0.3) is 0 Å². The summed E-state index contributed by atoms with van der Waals surface area (Å²) in [6, 6.07) is -7.78. The molecule has 0 aromatic carbocycles. The molecule has 20 nitrogen and oxygen atoms in total. The van der Waals surface area contributed by atoms with Crippen molar-refractivity contribution in [1.82, 2.24) is 31.6 Å². The van der Waals surface area contributed by atoms with Crippen molar-refractivity contribution in [3.63, 3.8) is 0 Å². The Kier molecular flexibility index (Phi) is 18.3. The Morgan fingerprint density at radius 3 is 2.04 bits per heavy atom. The summed E-state index contributed by atoms with van der Waals surface area (Å²) >= 11 is 0. The Labute approximate surface area is 295 Å². The van der Waals surface area contributed by atoms with Crippen LogP contribution in [0.15, 0.2) is 16.4 Å². The van der Waals surface area contributed by atoms with Crippen molar-refractivity contribution in [1.29, 1.82) is 0 Å². The van der Waals surface area contributed by atoms with Gasteiger partial charge in [0.15, 0.2) is 6.04 Å². The maximum Gasteiger partial charge on any atom is 0.328 e. The number of hydrazone groups is 1. The number of rotatable bonds is 20. The van der Waals surface area contributed by atoms with Crippen LogP contribution in [0.2, 0.25) is 0 Å². The molecular weight excluding hydrogens is 674 g/mol. The first-order chi connectivity index (χ1) is 23.9. The van der Waals surface area contributed by atoms with E-state index >= 15 is 0 Å². The second-order valence-corrected chi connectivity index (χ2v) is 12.2. The van der Waals surface area contributed by atoms with E-state index in [4.69, 9.17) is 11.5 Å². The van der Waals surface area contributed by atoms with Crippen LogP contribution >= 0.6 is 0 Å². The average molecular weight is 728 g/mol. The lowest BCUT2D eigenvalue weighted by molar-refractivity contribution is -0.145. The molecule has 0 aliphatic carbocycles. The molecule has 1 heterocycles. The molecule has 51 heavy (non-hydrogen) atoms. The van der Waals surface area contributed by atoms with E-state index in [1.165, 1.54) is 27.0 Å². The molecule has 0 fully saturated rings. The van der Waals surface area contributed by atoms with Crippen LogP contribution in [-0.4, -0.2) is 135 Å². The van der Waals surface area contributed by atoms with Crippen molar-refractivity contribution in [3.8, 4) is 0 Å². The van der Waals surface area contributed by atoms with E-state index in [2.05, 4.69) is 31.7 Å². The number of carbonyl (C=O) groups is 7. The molecule has 0 spiro atoms. The molecule has 13 N–H and O–H groups in total. The van der Waals surface area contributed by atoms with Gasteiger partial charge in [-0.05, 0) is 64.9 Å². The van der Waals surface area contributed by atoms with Crippen molar-refractivity contribution < 1.29 is 54.0 Å². The van der Waals surface area contributed by atoms with Gasteiger partial charge in [-0.2, -0.15) is 5.10 Å². The smallest absolute Gasteiger partial charge is 0.328 e. The third-order valence-corrected chi connectivity index (χ3v) is 8.26. The van der Waals surface area contributed by atoms with Crippen LogP contribution in [-0.2, 0) is 33.6 Å². The van der Waals surface area contributed by atoms with E-state index in [0.29, 0.717) is 12.0 Å². The van der Waals surface area contributed by atoms with Crippen LogP contribution in [0.4, 0.5) is 0 Å². The Bertz CT molecular complexity index is 1330. The third kappa shape index (κ3) is 12.6. The van der Waals surface area contributed by atoms with E-state index in [0.717, 1.165) is 5.01 Å². The van der Waals surface area contributed by atoms with Crippen molar-refractivity contribution in [3.05, 3.63) is 11.3 Å². The molecule has 6 atom stereocenters. The summed E-state index contributed by atoms with van der Waals surface area (Å²) in [4.78, 5) is 90.6. The molecule has 0 radical (unpaired) electrons. The van der Waals surface area contributed by atoms with Crippen LogP contribution in [0.5, 0.6) is 0 Å². The Balaban J connectivity index is 3.15. The maximum absolute atomic E-state index is 13.7. The number of nitrogens with two attached hydrogens (primary N) is 2. The molecule has 1 rings (SSSR count). The molecule has 0 saturated heterocycles. The lowest BCUT2D eigenvalue weighted by Crippen LogP contribution is -2.63. The number of carboxylic acids is 1. The summed E-state index contributed by atoms with van der Waals surface area (Å²) in [5.41, 5.74) is 10.6. The molecule has 0 aromatic rings. The number of hydrogen-bond acceptors (Lipinski definition) is 13. The fourth-order valence-electron chi connectivity index (χ4n) is 4.81. The second kappa shape index (κ2) is 21.0. The molecule has 20 heteroatoms. The van der Waals surface area contributed by atoms with Gasteiger partial charge < -0.3 is 58.5 Å². The number of aliphatic hydroxyl groups is 3. The second-order valence-electron chi connectivity index (χ2n) is 12.2. The van der Waals surface area contributed by atoms with E-state index < -0.39 is 103 Å². The van der Waals surface area contributed by atoms with Gasteiger partial charge in [0, 0.05) is 25.5 Å². The van der Waals surface area contributed by atoms with E-state index in [1.807, 2.05) is 0 Å². The fraction of sp³-hybridized carbons (Fsp3) is 0.677. The minimum absolute atomic E-state index is 0.0405. The van der Waals surface area contributed by atoms with Crippen molar-refractivity contribution in [2.24, 2.45) is 16.6 Å². The van der Waals surface area contributed by atoms with Crippen molar-refractivity contribution in [2.75, 3.05) is 19.8 Å². The molecular formula is C31H53N9O11. The fourth-order valence-corrected chi connectivity index (χ4v) is 4.81. The number of hydrogen-bond donors (Lipinski definition) is 11. The van der Waals surface area contributed by atoms with Crippen LogP contribution in [0.3, 0.4) is 0 Å². The number of nitrogens with zero attached hydrogens (tertiary/aromatic N) is 2. The van der Waals surface area contributed by atoms with Gasteiger partial charge in [-0.3, -0.25) is 28.8 Å². The van der Waals surface area contributed by atoms with Crippen LogP contribution < -0.4 is 38.1 Å². The summed E-state index contributed by atoms with van der Waals surface area (Å²) < 4.78 is 0. The molecule has 1 aliphatic rings. The van der Waals surface area contributed by atoms with Gasteiger partial charge in [-0.25, -0.2) is 9.80 Å². The minimum Gasteiger partial charge on any atom is -0.480 e. The molecule has 1 aliphatic heterocycles. The maximum atomic E-state index is 13.7. The normalized spacial score (nSPS) is 17.8. The monoisotopic (exact) mass is 727 g/mol. The van der Waals surface area contributed by atoms with Crippen molar-refractivity contribution >= 4 is 47.6 Å². The predicted octanol–water partition coefficient (Wildman–Crippen LogP) is -3.98. The Morgan fingerprint density at radius 2 is 1.55 bits per heavy atom. The summed E-state index contributed by atoms with van der Waals surface area (Å²) in [5.74, 6) is -6.55. The number of carboxylic acid groups (broad SMARTS) is 1. The molecule has 0 bridgehead atoms. The SMILES string of the molecule is CC/C(C)=C(/NC(=O)[C@H](CC)NC(=O)[C@@H]1CCC=NN1C(=O)[C@@H](NC(=O)[C@H](C)NC(=O)C(N)(CCO)CCO)[C@H](C)N)C(=O)N[C@H](CO)C(=O)O. The quantitative estimate of drug-likeness (QED) is 0.0534. The van der Waals surface area contributed by atoms with Crippen LogP contribution in [0.1, 0.15) is 73.1 Å². The zero-order valence-electron chi connectivity index (χ0n) is 29.6. The van der Waals surface area contributed by atoms with Gasteiger partial charge in [-0.1, -0.05) is 13.8 Å². The standard InChI is InChI=1S/C31H53N9O11/c1-6-16(3)22(27(47)37-20(15-43)29(49)50)38-25(45)19(7-2)36-26(46)21-9-8-12-34-40(21)28(48)23(17(4)32)39-24(44)18(5)35-30(51)31(33,10-13-41)11-14-42/h12,17-21,23,41-43H,6-11,13-15,32-33H2,1-5H3,(H,35,51)(H,36,46)(H,37,47)(H,38,45)(H,39,44)(H,49,50)/b22-16+/t17-,18-,19-,20+,21-,23-/m0/s1. The summed E-state index contributed by atoms with van der Waals surface area (Å²) in [6.45, 7) is 5.77. The Hall–Kier alpha value is -4.50. The Morgan fingerprint density at radius 1 is 0.941 bits per heavy atom. The number of aliphatic carboxylic acids is 1. The van der Waals surface area contributed by atoms with E-state index in [1.54, 1.807) is 13.8 Å². The summed E-state index contributed by atoms with van der Waals surface area (Å²) in [7, 11) is 0. The highest BCUT2D eigenvalue weighted by Crippen LogP contribution is 2.17. The summed E-state index contributed by atoms with van der Waals surface area (Å²) in [5, 5.41) is 54.0. The molecule has 0 aromatic heterocycles. The predicted molar refractivity (Wildman–Crippen MR) is 182 cm³/mol. The van der Waals surface area contributed by atoms with Crippen molar-refractivity contribution in [2.45, 2.75) is 115 Å². The highest BCUT2D eigenvalue weighted by atomic mass is 16.4. The first-order valence-electron chi connectivity index (χ1n) is 16.6. The number of allylic oxidation sites excluding steroid dienone is 1. The third-order valence-electron chi connectivity index (χ3n) is 8.26. The van der Waals surface area contributed by atoms with E-state index in [-0.39, 0.29) is 37.8 Å². The number of amides is 6. The van der Waals surface area contributed by atoms with Gasteiger partial charge in [0.05, 0.1) is 12.1 Å². The van der Waals surface area contributed by atoms with Gasteiger partial charge in [0.25, 0.3) is 11.8 Å². The summed E-state index contributed by atoms with van der Waals surface area (Å²) in [6.07, 6.45) is 1.72. The first-order valence-corrected chi connectivity index (χ1v) is 16.6. The van der Waals surface area contributed by atoms with Gasteiger partial charge in [-0.15, -0.1) is 0 Å². The lowest BCUT2D eigenvalue weighted by Gasteiger charge is -2.34. The number of carbonyl (C=O) groups excluding carboxylic acids is 6. The topological polar surface area (TPSA) is 328 Å². The largest absolute Gasteiger partial charge is 0.480 e. The van der Waals surface area contributed by atoms with Crippen LogP contribution in [0, 0.1) is 0 Å². The van der Waals surface area contributed by atoms with E-state index in [9.17, 15) is 54.0 Å². The van der Waals surface area contributed by atoms with Gasteiger partial charge in [0.2, 0.25) is 23.6 Å². The highest BCUT2D eigenvalue weighted by Gasteiger charge is 2.40. The molecule has 6 amide bonds. The average Bonchev–Trinajstić information content (AvgIpc) is 3.09. The molecule has 0 unspecified atom stereocenters. The molecule has 0 saturated carbocycles. The zero-order chi connectivity index (χ0) is 39.1. The lowest BCUT2D eigenvalue weighted by atomic mass is 9.91. The minimum atomic E-state index is -1.66. The van der Waals surface area contributed by atoms with Gasteiger partial charge in [0.1, 0.15) is 29.9 Å².